The van der Waals surface area contributed by atoms with Crippen LogP contribution in [0.25, 0.3) is 0 Å². The second-order valence-electron chi connectivity index (χ2n) is 5.19. The summed E-state index contributed by atoms with van der Waals surface area (Å²) in [5.41, 5.74) is 0.319. The molecule has 0 spiro atoms. The van der Waals surface area contributed by atoms with Crippen LogP contribution in [0.1, 0.15) is 18.1 Å². The average molecular weight is 330 g/mol. The molecule has 8 nitrogen and oxygen atoms in total. The number of hydrogen-bond acceptors (Lipinski definition) is 5. The maximum Gasteiger partial charge on any atom is 0.307 e. The molecular weight excluding hydrogens is 312 g/mol. The number of aryl methyl sites for hydroxylation is 2. The maximum absolute atomic E-state index is 12.5. The zero-order valence-corrected chi connectivity index (χ0v) is 13.5. The van der Waals surface area contributed by atoms with E-state index in [0.717, 1.165) is 4.31 Å². The molecule has 0 radical (unpaired) electrons. The lowest BCUT2D eigenvalue weighted by Crippen LogP contribution is -2.34. The summed E-state index contributed by atoms with van der Waals surface area (Å²) < 4.78 is 26.0. The third kappa shape index (κ3) is 3.60. The van der Waals surface area contributed by atoms with E-state index in [1.54, 1.807) is 0 Å². The quantitative estimate of drug-likeness (QED) is 0.624. The normalized spacial score (nSPS) is 13.1. The molecule has 1 unspecified atom stereocenters. The van der Waals surface area contributed by atoms with E-state index in [4.69, 9.17) is 5.11 Å². The van der Waals surface area contributed by atoms with E-state index in [2.05, 4.69) is 0 Å². The topological polar surface area (TPSA) is 118 Å². The molecule has 0 aliphatic rings. The van der Waals surface area contributed by atoms with Crippen molar-refractivity contribution < 1.29 is 23.2 Å². The molecule has 1 aromatic rings. The molecule has 22 heavy (non-hydrogen) atoms. The molecule has 0 amide bonds. The Bertz CT molecular complexity index is 713. The Balaban J connectivity index is 3.26. The monoisotopic (exact) mass is 330 g/mol. The lowest BCUT2D eigenvalue weighted by Gasteiger charge is -2.20. The predicted octanol–water partition coefficient (Wildman–Crippen LogP) is 1.55. The summed E-state index contributed by atoms with van der Waals surface area (Å²) in [4.78, 5) is 21.1. The van der Waals surface area contributed by atoms with Crippen LogP contribution in [0.2, 0.25) is 0 Å². The van der Waals surface area contributed by atoms with Gasteiger partial charge in [0.2, 0.25) is 10.0 Å². The van der Waals surface area contributed by atoms with Crippen molar-refractivity contribution in [1.82, 2.24) is 4.31 Å². The van der Waals surface area contributed by atoms with Gasteiger partial charge in [0.15, 0.2) is 0 Å². The van der Waals surface area contributed by atoms with Gasteiger partial charge in [-0.3, -0.25) is 14.9 Å². The standard InChI is InChI=1S/C13H18N2O6S/c1-8-6-12(9(2)5-11(8)15(18)19)22(20,21)14(4)7-10(3)13(16)17/h5-6,10H,7H2,1-4H3,(H,16,17). The van der Waals surface area contributed by atoms with Crippen molar-refractivity contribution in [1.29, 1.82) is 0 Å². The van der Waals surface area contributed by atoms with Crippen molar-refractivity contribution >= 4 is 21.7 Å². The van der Waals surface area contributed by atoms with Gasteiger partial charge < -0.3 is 5.11 Å². The number of aliphatic carboxylic acids is 1. The average Bonchev–Trinajstić information content (AvgIpc) is 2.39. The van der Waals surface area contributed by atoms with Crippen molar-refractivity contribution in [3.8, 4) is 0 Å². The van der Waals surface area contributed by atoms with Crippen LogP contribution in [0, 0.1) is 29.9 Å². The SMILES string of the molecule is Cc1cc(S(=O)(=O)N(C)CC(C)C(=O)O)c(C)cc1[N+](=O)[O-]. The summed E-state index contributed by atoms with van der Waals surface area (Å²) in [5, 5.41) is 19.7. The molecule has 1 aromatic carbocycles. The van der Waals surface area contributed by atoms with Crippen LogP contribution in [0.3, 0.4) is 0 Å². The summed E-state index contributed by atoms with van der Waals surface area (Å²) in [6.07, 6.45) is 0. The van der Waals surface area contributed by atoms with Crippen LogP contribution in [0.15, 0.2) is 17.0 Å². The Morgan fingerprint density at radius 3 is 2.36 bits per heavy atom. The first-order valence-corrected chi connectivity index (χ1v) is 7.87. The third-order valence-corrected chi connectivity index (χ3v) is 5.30. The Kier molecular flexibility index (Phi) is 5.26. The van der Waals surface area contributed by atoms with Crippen LogP contribution >= 0.6 is 0 Å². The van der Waals surface area contributed by atoms with E-state index in [0.29, 0.717) is 0 Å². The molecule has 0 aliphatic carbocycles. The van der Waals surface area contributed by atoms with Gasteiger partial charge in [-0.05, 0) is 25.5 Å². The molecule has 0 fully saturated rings. The van der Waals surface area contributed by atoms with Gasteiger partial charge in [-0.2, -0.15) is 0 Å². The van der Waals surface area contributed by atoms with Crippen molar-refractivity contribution in [3.63, 3.8) is 0 Å². The van der Waals surface area contributed by atoms with Crippen molar-refractivity contribution in [2.45, 2.75) is 25.7 Å². The molecule has 1 atom stereocenters. The number of carboxylic acids is 1. The number of nitrogens with zero attached hydrogens (tertiary/aromatic N) is 2. The first-order valence-electron chi connectivity index (χ1n) is 6.43. The largest absolute Gasteiger partial charge is 0.481 e. The molecular formula is C13H18N2O6S. The highest BCUT2D eigenvalue weighted by atomic mass is 32.2. The van der Waals surface area contributed by atoms with Crippen LogP contribution in [-0.4, -0.2) is 42.3 Å². The molecule has 0 saturated heterocycles. The molecule has 0 saturated carbocycles. The summed E-state index contributed by atoms with van der Waals surface area (Å²) in [6.45, 7) is 4.14. The van der Waals surface area contributed by atoms with Gasteiger partial charge in [0.1, 0.15) is 0 Å². The highest BCUT2D eigenvalue weighted by Gasteiger charge is 2.28. The molecule has 0 aliphatic heterocycles. The highest BCUT2D eigenvalue weighted by Crippen LogP contribution is 2.27. The predicted molar refractivity (Wildman–Crippen MR) is 79.2 cm³/mol. The smallest absolute Gasteiger partial charge is 0.307 e. The van der Waals surface area contributed by atoms with Gasteiger partial charge in [0, 0.05) is 25.2 Å². The molecule has 1 rings (SSSR count). The van der Waals surface area contributed by atoms with Crippen molar-refractivity contribution in [2.75, 3.05) is 13.6 Å². The number of nitro benzene ring substituents is 1. The second-order valence-corrected chi connectivity index (χ2v) is 7.20. The second kappa shape index (κ2) is 6.41. The lowest BCUT2D eigenvalue weighted by atomic mass is 10.1. The highest BCUT2D eigenvalue weighted by molar-refractivity contribution is 7.89. The van der Waals surface area contributed by atoms with Gasteiger partial charge in [-0.15, -0.1) is 0 Å². The molecule has 0 heterocycles. The third-order valence-electron chi connectivity index (χ3n) is 3.33. The first kappa shape index (κ1) is 18.1. The molecule has 9 heteroatoms. The van der Waals surface area contributed by atoms with E-state index in [9.17, 15) is 23.3 Å². The van der Waals surface area contributed by atoms with Crippen molar-refractivity contribution in [2.24, 2.45) is 5.92 Å². The van der Waals surface area contributed by atoms with Crippen LogP contribution in [0.5, 0.6) is 0 Å². The Morgan fingerprint density at radius 2 is 1.91 bits per heavy atom. The van der Waals surface area contributed by atoms with Gasteiger partial charge in [0.25, 0.3) is 5.69 Å². The fraction of sp³-hybridized carbons (Fsp3) is 0.462. The summed E-state index contributed by atoms with van der Waals surface area (Å²) in [5.74, 6) is -1.96. The number of hydrogen-bond donors (Lipinski definition) is 1. The Morgan fingerprint density at radius 1 is 1.36 bits per heavy atom. The number of sulfonamides is 1. The van der Waals surface area contributed by atoms with Gasteiger partial charge in [0.05, 0.1) is 15.7 Å². The summed E-state index contributed by atoms with van der Waals surface area (Å²) >= 11 is 0. The fourth-order valence-corrected chi connectivity index (χ4v) is 3.53. The van der Waals surface area contributed by atoms with E-state index >= 15 is 0 Å². The van der Waals surface area contributed by atoms with E-state index in [1.807, 2.05) is 0 Å². The van der Waals surface area contributed by atoms with Crippen LogP contribution < -0.4 is 0 Å². The number of benzene rings is 1. The van der Waals surface area contributed by atoms with E-state index in [1.165, 1.54) is 40.0 Å². The molecule has 1 N–H and O–H groups in total. The van der Waals surface area contributed by atoms with E-state index < -0.39 is 26.8 Å². The van der Waals surface area contributed by atoms with E-state index in [-0.39, 0.29) is 28.3 Å². The number of carbonyl (C=O) groups is 1. The lowest BCUT2D eigenvalue weighted by molar-refractivity contribution is -0.385. The molecule has 0 aromatic heterocycles. The minimum Gasteiger partial charge on any atom is -0.481 e. The van der Waals surface area contributed by atoms with Gasteiger partial charge in [-0.1, -0.05) is 6.92 Å². The Hall–Kier alpha value is -2.00. The number of rotatable bonds is 6. The molecule has 0 bridgehead atoms. The first-order chi connectivity index (χ1) is 9.98. The van der Waals surface area contributed by atoms with Gasteiger partial charge in [-0.25, -0.2) is 12.7 Å². The van der Waals surface area contributed by atoms with Crippen molar-refractivity contribution in [3.05, 3.63) is 33.4 Å². The van der Waals surface area contributed by atoms with Crippen LogP contribution in [0.4, 0.5) is 5.69 Å². The number of carboxylic acid groups (broad SMARTS) is 1. The zero-order valence-electron chi connectivity index (χ0n) is 12.7. The molecule has 122 valence electrons. The minimum atomic E-state index is -3.92. The zero-order chi connectivity index (χ0) is 17.2. The minimum absolute atomic E-state index is 0.0595. The Labute approximate surface area is 128 Å². The number of nitro groups is 1. The fourth-order valence-electron chi connectivity index (χ4n) is 1.98. The van der Waals surface area contributed by atoms with Crippen LogP contribution in [-0.2, 0) is 14.8 Å². The summed E-state index contributed by atoms with van der Waals surface area (Å²) in [7, 11) is -2.63. The van der Waals surface area contributed by atoms with Gasteiger partial charge >= 0.3 is 5.97 Å². The maximum atomic E-state index is 12.5. The summed E-state index contributed by atoms with van der Waals surface area (Å²) in [6, 6.07) is 2.45.